The van der Waals surface area contributed by atoms with Crippen molar-refractivity contribution in [1.29, 1.82) is 0 Å². The molecule has 7 heteroatoms. The van der Waals surface area contributed by atoms with Crippen LogP contribution in [-0.4, -0.2) is 40.5 Å². The van der Waals surface area contributed by atoms with Gasteiger partial charge in [0.15, 0.2) is 11.5 Å². The Labute approximate surface area is 182 Å². The molecular formula is C24H29N3O4. The molecule has 164 valence electrons. The average Bonchev–Trinajstić information content (AvgIpc) is 2.77. The van der Waals surface area contributed by atoms with Gasteiger partial charge in [0, 0.05) is 11.6 Å². The lowest BCUT2D eigenvalue weighted by Gasteiger charge is -2.26. The predicted molar refractivity (Wildman–Crippen MR) is 121 cm³/mol. The molecule has 0 saturated carbocycles. The van der Waals surface area contributed by atoms with Gasteiger partial charge in [-0.25, -0.2) is 4.98 Å². The molecular weight excluding hydrogens is 394 g/mol. The second-order valence-electron chi connectivity index (χ2n) is 7.62. The van der Waals surface area contributed by atoms with Crippen LogP contribution in [0.4, 0.5) is 0 Å². The lowest BCUT2D eigenvalue weighted by atomic mass is 10.1. The van der Waals surface area contributed by atoms with Gasteiger partial charge in [0.25, 0.3) is 11.5 Å². The lowest BCUT2D eigenvalue weighted by molar-refractivity contribution is 0.0684. The molecule has 0 atom stereocenters. The number of fused-ring (bicyclic) bond motifs is 1. The summed E-state index contributed by atoms with van der Waals surface area (Å²) >= 11 is 0. The fourth-order valence-electron chi connectivity index (χ4n) is 3.27. The first-order valence-corrected chi connectivity index (χ1v) is 10.5. The average molecular weight is 424 g/mol. The van der Waals surface area contributed by atoms with Gasteiger partial charge in [-0.05, 0) is 50.6 Å². The number of aromatic amines is 1. The Balaban J connectivity index is 1.86. The lowest BCUT2D eigenvalue weighted by Crippen LogP contribution is -2.37. The number of H-pyrrole nitrogens is 1. The topological polar surface area (TPSA) is 84.5 Å². The van der Waals surface area contributed by atoms with Crippen molar-refractivity contribution in [3.8, 4) is 11.5 Å². The Bertz CT molecular complexity index is 1110. The zero-order valence-electron chi connectivity index (χ0n) is 18.5. The highest BCUT2D eigenvalue weighted by Crippen LogP contribution is 2.29. The van der Waals surface area contributed by atoms with E-state index >= 15 is 0 Å². The summed E-state index contributed by atoms with van der Waals surface area (Å²) in [6, 6.07) is 12.2. The summed E-state index contributed by atoms with van der Waals surface area (Å²) in [6.07, 6.45) is 1.98. The van der Waals surface area contributed by atoms with Crippen molar-refractivity contribution in [2.45, 2.75) is 46.2 Å². The first-order chi connectivity index (χ1) is 14.9. The smallest absolute Gasteiger partial charge is 0.258 e. The molecule has 2 aromatic carbocycles. The quantitative estimate of drug-likeness (QED) is 0.523. The molecule has 0 bridgehead atoms. The number of hydrogen-bond acceptors (Lipinski definition) is 5. The number of nitrogens with zero attached hydrogens (tertiary/aromatic N) is 2. The molecule has 1 aromatic heterocycles. The summed E-state index contributed by atoms with van der Waals surface area (Å²) in [5, 5.41) is 0.525. The molecule has 0 saturated heterocycles. The highest BCUT2D eigenvalue weighted by molar-refractivity contribution is 5.95. The van der Waals surface area contributed by atoms with E-state index in [0.717, 1.165) is 12.8 Å². The predicted octanol–water partition coefficient (Wildman–Crippen LogP) is 4.16. The minimum absolute atomic E-state index is 0.101. The highest BCUT2D eigenvalue weighted by atomic mass is 16.5. The van der Waals surface area contributed by atoms with Gasteiger partial charge < -0.3 is 19.4 Å². The third-order valence-corrected chi connectivity index (χ3v) is 5.03. The third kappa shape index (κ3) is 5.23. The molecule has 31 heavy (non-hydrogen) atoms. The van der Waals surface area contributed by atoms with Crippen molar-refractivity contribution in [2.75, 3.05) is 13.7 Å². The minimum atomic E-state index is -0.216. The van der Waals surface area contributed by atoms with Gasteiger partial charge >= 0.3 is 0 Å². The van der Waals surface area contributed by atoms with Crippen molar-refractivity contribution in [3.05, 3.63) is 64.2 Å². The first-order valence-electron chi connectivity index (χ1n) is 10.5. The van der Waals surface area contributed by atoms with E-state index < -0.39 is 0 Å². The van der Waals surface area contributed by atoms with Crippen LogP contribution in [0.3, 0.4) is 0 Å². The molecule has 1 amide bonds. The Morgan fingerprint density at radius 1 is 1.16 bits per heavy atom. The van der Waals surface area contributed by atoms with E-state index in [2.05, 4.69) is 16.9 Å². The Morgan fingerprint density at radius 2 is 1.94 bits per heavy atom. The number of rotatable bonds is 9. The zero-order chi connectivity index (χ0) is 22.4. The standard InChI is InChI=1S/C24H29N3O4/c1-5-6-13-31-20-12-11-17(14-21(20)30-4)24(29)27(16(2)3)15-22-25-19-10-8-7-9-18(19)23(28)26-22/h7-12,14,16H,5-6,13,15H2,1-4H3,(H,25,26,28). The molecule has 7 nitrogen and oxygen atoms in total. The van der Waals surface area contributed by atoms with Crippen LogP contribution in [0.2, 0.25) is 0 Å². The summed E-state index contributed by atoms with van der Waals surface area (Å²) in [5.74, 6) is 1.40. The van der Waals surface area contributed by atoms with E-state index in [-0.39, 0.29) is 24.1 Å². The maximum absolute atomic E-state index is 13.3. The van der Waals surface area contributed by atoms with E-state index in [1.807, 2.05) is 19.9 Å². The van der Waals surface area contributed by atoms with Crippen molar-refractivity contribution >= 4 is 16.8 Å². The van der Waals surface area contributed by atoms with Gasteiger partial charge in [0.1, 0.15) is 5.82 Å². The van der Waals surface area contributed by atoms with Gasteiger partial charge in [-0.3, -0.25) is 9.59 Å². The summed E-state index contributed by atoms with van der Waals surface area (Å²) in [4.78, 5) is 34.7. The molecule has 0 radical (unpaired) electrons. The fourth-order valence-corrected chi connectivity index (χ4v) is 3.27. The number of hydrogen-bond donors (Lipinski definition) is 1. The van der Waals surface area contributed by atoms with Crippen molar-refractivity contribution < 1.29 is 14.3 Å². The van der Waals surface area contributed by atoms with Crippen LogP contribution >= 0.6 is 0 Å². The molecule has 1 N–H and O–H groups in total. The third-order valence-electron chi connectivity index (χ3n) is 5.03. The number of carbonyl (C=O) groups is 1. The van der Waals surface area contributed by atoms with Crippen molar-refractivity contribution in [1.82, 2.24) is 14.9 Å². The number of ether oxygens (including phenoxy) is 2. The van der Waals surface area contributed by atoms with Crippen LogP contribution in [-0.2, 0) is 6.54 Å². The molecule has 1 heterocycles. The van der Waals surface area contributed by atoms with E-state index in [9.17, 15) is 9.59 Å². The van der Waals surface area contributed by atoms with Crippen LogP contribution in [0.5, 0.6) is 11.5 Å². The van der Waals surface area contributed by atoms with Gasteiger partial charge in [0.2, 0.25) is 0 Å². The Hall–Kier alpha value is -3.35. The molecule has 0 aliphatic heterocycles. The zero-order valence-corrected chi connectivity index (χ0v) is 18.5. The number of methoxy groups -OCH3 is 1. The van der Waals surface area contributed by atoms with Crippen molar-refractivity contribution in [3.63, 3.8) is 0 Å². The molecule has 0 aliphatic rings. The summed E-state index contributed by atoms with van der Waals surface area (Å²) in [7, 11) is 1.56. The molecule has 0 aliphatic carbocycles. The maximum Gasteiger partial charge on any atom is 0.258 e. The minimum Gasteiger partial charge on any atom is -0.493 e. The highest BCUT2D eigenvalue weighted by Gasteiger charge is 2.22. The largest absolute Gasteiger partial charge is 0.493 e. The van der Waals surface area contributed by atoms with Gasteiger partial charge in [-0.1, -0.05) is 25.5 Å². The SMILES string of the molecule is CCCCOc1ccc(C(=O)N(Cc2nc3ccccc3c(=O)[nH]2)C(C)C)cc1OC. The van der Waals surface area contributed by atoms with Gasteiger partial charge in [0.05, 0.1) is 31.2 Å². The Kier molecular flexibility index (Phi) is 7.28. The van der Waals surface area contributed by atoms with Crippen molar-refractivity contribution in [2.24, 2.45) is 0 Å². The molecule has 3 aromatic rings. The van der Waals surface area contributed by atoms with E-state index in [4.69, 9.17) is 9.47 Å². The number of unbranched alkanes of at least 4 members (excludes halogenated alkanes) is 1. The molecule has 0 spiro atoms. The molecule has 0 fully saturated rings. The second kappa shape index (κ2) is 10.1. The number of benzene rings is 2. The maximum atomic E-state index is 13.3. The normalized spacial score (nSPS) is 11.0. The van der Waals surface area contributed by atoms with E-state index in [1.165, 1.54) is 0 Å². The second-order valence-corrected chi connectivity index (χ2v) is 7.62. The van der Waals surface area contributed by atoms with E-state index in [1.54, 1.807) is 48.4 Å². The van der Waals surface area contributed by atoms with Gasteiger partial charge in [-0.2, -0.15) is 0 Å². The fraction of sp³-hybridized carbons (Fsp3) is 0.375. The number of para-hydroxylation sites is 1. The summed E-state index contributed by atoms with van der Waals surface area (Å²) < 4.78 is 11.2. The van der Waals surface area contributed by atoms with Crippen LogP contribution in [0.15, 0.2) is 47.3 Å². The van der Waals surface area contributed by atoms with Crippen LogP contribution in [0, 0.1) is 0 Å². The number of amides is 1. The summed E-state index contributed by atoms with van der Waals surface area (Å²) in [5.41, 5.74) is 0.871. The molecule has 0 unspecified atom stereocenters. The van der Waals surface area contributed by atoms with Crippen LogP contribution in [0.25, 0.3) is 10.9 Å². The molecule has 3 rings (SSSR count). The van der Waals surface area contributed by atoms with Crippen LogP contribution < -0.4 is 15.0 Å². The first kappa shape index (κ1) is 22.3. The summed E-state index contributed by atoms with van der Waals surface area (Å²) in [6.45, 7) is 6.74. The number of aromatic nitrogens is 2. The monoisotopic (exact) mass is 423 g/mol. The number of carbonyl (C=O) groups excluding carboxylic acids is 1. The van der Waals surface area contributed by atoms with E-state index in [0.29, 0.717) is 40.4 Å². The van der Waals surface area contributed by atoms with Crippen LogP contribution in [0.1, 0.15) is 49.8 Å². The Morgan fingerprint density at radius 3 is 2.65 bits per heavy atom. The van der Waals surface area contributed by atoms with Gasteiger partial charge in [-0.15, -0.1) is 0 Å². The number of nitrogens with one attached hydrogen (secondary N) is 1.